The van der Waals surface area contributed by atoms with Gasteiger partial charge in [-0.3, -0.25) is 4.79 Å². The van der Waals surface area contributed by atoms with Crippen LogP contribution < -0.4 is 0 Å². The van der Waals surface area contributed by atoms with Gasteiger partial charge >= 0.3 is 0 Å². The van der Waals surface area contributed by atoms with E-state index >= 15 is 0 Å². The molecule has 3 rings (SSSR count). The highest BCUT2D eigenvalue weighted by Gasteiger charge is 2.20. The summed E-state index contributed by atoms with van der Waals surface area (Å²) in [4.78, 5) is 12.6. The molecule has 0 radical (unpaired) electrons. The highest BCUT2D eigenvalue weighted by Crippen LogP contribution is 2.20. The smallest absolute Gasteiger partial charge is 0.185 e. The van der Waals surface area contributed by atoms with Gasteiger partial charge in [-0.2, -0.15) is 0 Å². The number of rotatable bonds is 7. The minimum Gasteiger partial charge on any atom is -0.293 e. The van der Waals surface area contributed by atoms with E-state index in [2.05, 4.69) is 6.92 Å². The van der Waals surface area contributed by atoms with E-state index in [1.807, 2.05) is 36.4 Å². The van der Waals surface area contributed by atoms with Crippen LogP contribution in [-0.2, 0) is 16.3 Å². The molecular weight excluding hydrogens is 344 g/mol. The Labute approximate surface area is 154 Å². The largest absolute Gasteiger partial charge is 0.293 e. The second kappa shape index (κ2) is 7.83. The number of Topliss-reactive ketones (excluding diaryl/α,β-unsaturated/α-hetero) is 1. The predicted octanol–water partition coefficient (Wildman–Crippen LogP) is 4.84. The van der Waals surface area contributed by atoms with E-state index < -0.39 is 15.6 Å². The van der Waals surface area contributed by atoms with Crippen LogP contribution in [0.2, 0.25) is 0 Å². The molecule has 0 aromatic heterocycles. The zero-order valence-electron chi connectivity index (χ0n) is 14.8. The third kappa shape index (κ3) is 4.20. The predicted molar refractivity (Wildman–Crippen MR) is 105 cm³/mol. The molecule has 3 aromatic rings. The van der Waals surface area contributed by atoms with Crippen molar-refractivity contribution in [2.24, 2.45) is 0 Å². The Morgan fingerprint density at radius 2 is 1.58 bits per heavy atom. The van der Waals surface area contributed by atoms with Crippen LogP contribution in [0.1, 0.15) is 35.7 Å². The highest BCUT2D eigenvalue weighted by molar-refractivity contribution is 7.92. The van der Waals surface area contributed by atoms with Gasteiger partial charge in [0.05, 0.1) is 4.90 Å². The van der Waals surface area contributed by atoms with Crippen molar-refractivity contribution in [2.75, 3.05) is 5.75 Å². The summed E-state index contributed by atoms with van der Waals surface area (Å²) in [5.74, 6) is -0.889. The zero-order chi connectivity index (χ0) is 18.6. The van der Waals surface area contributed by atoms with Gasteiger partial charge in [-0.25, -0.2) is 8.42 Å². The minimum atomic E-state index is -3.67. The molecule has 0 N–H and O–H groups in total. The Morgan fingerprint density at radius 1 is 0.885 bits per heavy atom. The summed E-state index contributed by atoms with van der Waals surface area (Å²) in [7, 11) is -3.67. The lowest BCUT2D eigenvalue weighted by atomic mass is 10.1. The number of sulfone groups is 1. The summed E-state index contributed by atoms with van der Waals surface area (Å²) in [6, 6.07) is 19.8. The van der Waals surface area contributed by atoms with Gasteiger partial charge in [-0.1, -0.05) is 67.9 Å². The van der Waals surface area contributed by atoms with Crippen LogP contribution in [0, 0.1) is 0 Å². The SMILES string of the molecule is CCCCc1ccc(C(=O)CS(=O)(=O)c2ccc3ccccc3c2)cc1. The fraction of sp³-hybridized carbons (Fsp3) is 0.227. The average molecular weight is 366 g/mol. The van der Waals surface area contributed by atoms with Gasteiger partial charge in [-0.15, -0.1) is 0 Å². The summed E-state index contributed by atoms with van der Waals surface area (Å²) in [6.07, 6.45) is 3.19. The molecular formula is C22H22O3S. The van der Waals surface area contributed by atoms with Crippen molar-refractivity contribution in [2.45, 2.75) is 31.1 Å². The molecule has 134 valence electrons. The molecule has 26 heavy (non-hydrogen) atoms. The maximum atomic E-state index is 12.6. The fourth-order valence-corrected chi connectivity index (χ4v) is 4.20. The molecule has 0 saturated carbocycles. The van der Waals surface area contributed by atoms with Crippen molar-refractivity contribution in [1.29, 1.82) is 0 Å². The monoisotopic (exact) mass is 366 g/mol. The van der Waals surface area contributed by atoms with Crippen LogP contribution in [-0.4, -0.2) is 20.0 Å². The van der Waals surface area contributed by atoms with Gasteiger partial charge < -0.3 is 0 Å². The molecule has 4 heteroatoms. The van der Waals surface area contributed by atoms with Gasteiger partial charge in [0, 0.05) is 5.56 Å². The number of fused-ring (bicyclic) bond motifs is 1. The first-order valence-corrected chi connectivity index (χ1v) is 10.5. The van der Waals surface area contributed by atoms with Crippen LogP contribution in [0.3, 0.4) is 0 Å². The molecule has 0 unspecified atom stereocenters. The number of hydrogen-bond donors (Lipinski definition) is 0. The van der Waals surface area contributed by atoms with Crippen molar-refractivity contribution >= 4 is 26.4 Å². The van der Waals surface area contributed by atoms with E-state index in [-0.39, 0.29) is 10.7 Å². The minimum absolute atomic E-state index is 0.184. The molecule has 0 heterocycles. The van der Waals surface area contributed by atoms with E-state index in [4.69, 9.17) is 0 Å². The molecule has 0 saturated heterocycles. The van der Waals surface area contributed by atoms with Crippen molar-refractivity contribution < 1.29 is 13.2 Å². The Bertz CT molecular complexity index is 1020. The maximum Gasteiger partial charge on any atom is 0.185 e. The van der Waals surface area contributed by atoms with Crippen LogP contribution in [0.15, 0.2) is 71.6 Å². The maximum absolute atomic E-state index is 12.6. The summed E-state index contributed by atoms with van der Waals surface area (Å²) in [5.41, 5.74) is 1.61. The molecule has 3 nitrogen and oxygen atoms in total. The van der Waals surface area contributed by atoms with Crippen LogP contribution in [0.25, 0.3) is 10.8 Å². The van der Waals surface area contributed by atoms with Crippen LogP contribution >= 0.6 is 0 Å². The molecule has 0 amide bonds. The van der Waals surface area contributed by atoms with Crippen molar-refractivity contribution in [3.8, 4) is 0 Å². The number of unbranched alkanes of at least 4 members (excludes halogenated alkanes) is 1. The second-order valence-electron chi connectivity index (χ2n) is 6.49. The third-order valence-corrected chi connectivity index (χ3v) is 6.11. The van der Waals surface area contributed by atoms with Crippen LogP contribution in [0.4, 0.5) is 0 Å². The summed E-state index contributed by atoms with van der Waals surface area (Å²) in [5, 5.41) is 1.82. The normalized spacial score (nSPS) is 11.6. The van der Waals surface area contributed by atoms with E-state index in [0.29, 0.717) is 5.56 Å². The van der Waals surface area contributed by atoms with Crippen molar-refractivity contribution in [1.82, 2.24) is 0 Å². The summed E-state index contributed by atoms with van der Waals surface area (Å²) in [6.45, 7) is 2.13. The molecule has 0 aliphatic heterocycles. The van der Waals surface area contributed by atoms with E-state index in [9.17, 15) is 13.2 Å². The fourth-order valence-electron chi connectivity index (χ4n) is 2.94. The third-order valence-electron chi connectivity index (χ3n) is 4.50. The standard InChI is InChI=1S/C22H22O3S/c1-2-3-6-17-9-11-19(12-10-17)22(23)16-26(24,25)21-14-13-18-7-4-5-8-20(18)15-21/h4-5,7-15H,2-3,6,16H2,1H3. The van der Waals surface area contributed by atoms with Crippen molar-refractivity contribution in [3.63, 3.8) is 0 Å². The number of carbonyl (C=O) groups is 1. The Kier molecular flexibility index (Phi) is 5.52. The first-order valence-electron chi connectivity index (χ1n) is 8.83. The molecule has 0 spiro atoms. The summed E-state index contributed by atoms with van der Waals surface area (Å²) >= 11 is 0. The Balaban J connectivity index is 1.78. The summed E-state index contributed by atoms with van der Waals surface area (Å²) < 4.78 is 25.3. The molecule has 3 aromatic carbocycles. The molecule has 0 aliphatic carbocycles. The number of benzene rings is 3. The van der Waals surface area contributed by atoms with E-state index in [0.717, 1.165) is 30.0 Å². The first kappa shape index (κ1) is 18.3. The average Bonchev–Trinajstić information content (AvgIpc) is 2.66. The van der Waals surface area contributed by atoms with E-state index in [1.54, 1.807) is 30.3 Å². The van der Waals surface area contributed by atoms with Gasteiger partial charge in [0.1, 0.15) is 5.75 Å². The molecule has 0 atom stereocenters. The van der Waals surface area contributed by atoms with Gasteiger partial charge in [-0.05, 0) is 41.3 Å². The van der Waals surface area contributed by atoms with Gasteiger partial charge in [0.25, 0.3) is 0 Å². The first-order chi connectivity index (χ1) is 12.5. The number of carbonyl (C=O) groups excluding carboxylic acids is 1. The lowest BCUT2D eigenvalue weighted by Gasteiger charge is -2.07. The number of aryl methyl sites for hydroxylation is 1. The molecule has 0 aliphatic rings. The highest BCUT2D eigenvalue weighted by atomic mass is 32.2. The second-order valence-corrected chi connectivity index (χ2v) is 8.48. The topological polar surface area (TPSA) is 51.2 Å². The zero-order valence-corrected chi connectivity index (χ0v) is 15.6. The lowest BCUT2D eigenvalue weighted by Crippen LogP contribution is -2.16. The quantitative estimate of drug-likeness (QED) is 0.562. The van der Waals surface area contributed by atoms with E-state index in [1.165, 1.54) is 5.56 Å². The Hall–Kier alpha value is -2.46. The van der Waals surface area contributed by atoms with Crippen molar-refractivity contribution in [3.05, 3.63) is 77.9 Å². The lowest BCUT2D eigenvalue weighted by molar-refractivity contribution is 0.102. The Morgan fingerprint density at radius 3 is 2.27 bits per heavy atom. The number of ketones is 1. The molecule has 0 bridgehead atoms. The molecule has 0 fully saturated rings. The van der Waals surface area contributed by atoms with Gasteiger partial charge in [0.2, 0.25) is 0 Å². The number of hydrogen-bond acceptors (Lipinski definition) is 3. The van der Waals surface area contributed by atoms with Crippen LogP contribution in [0.5, 0.6) is 0 Å². The van der Waals surface area contributed by atoms with Gasteiger partial charge in [0.15, 0.2) is 15.6 Å².